The van der Waals surface area contributed by atoms with Crippen LogP contribution in [-0.2, 0) is 13.0 Å². The number of nitrogen functional groups attached to an aromatic ring is 1. The molecule has 9 nitrogen and oxygen atoms in total. The Kier molecular flexibility index (Phi) is 6.06. The van der Waals surface area contributed by atoms with Crippen LogP contribution >= 0.6 is 0 Å². The Bertz CT molecular complexity index is 1810. The van der Waals surface area contributed by atoms with E-state index in [1.165, 1.54) is 40.3 Å². The molecule has 2 aromatic carbocycles. The van der Waals surface area contributed by atoms with Crippen LogP contribution in [0.25, 0.3) is 16.6 Å². The lowest BCUT2D eigenvalue weighted by atomic mass is 9.96. The van der Waals surface area contributed by atoms with Gasteiger partial charge in [0.25, 0.3) is 0 Å². The number of para-hydroxylation sites is 1. The van der Waals surface area contributed by atoms with E-state index in [9.17, 15) is 13.6 Å². The van der Waals surface area contributed by atoms with Crippen molar-refractivity contribution in [2.24, 2.45) is 0 Å². The molecule has 0 spiro atoms. The molecule has 0 saturated carbocycles. The van der Waals surface area contributed by atoms with Crippen molar-refractivity contribution in [3.05, 3.63) is 94.4 Å². The number of H-pyrrole nitrogens is 1. The second-order valence-electron chi connectivity index (χ2n) is 10.6. The standard InChI is InChI=1S/C30H27F2N7O2/c1-16-7-27(41-29-22(31)3-2-4-23(29)32)35-14-26(16)39-30(33)21(13-36-39)28(40)25-10-18-8-19-15-38(20-11-34-12-20)6-5-17(19)9-24(18)37-25/h2-4,7-10,13-14,20,34,37H,5-6,11-12,15,33H2,1H3. The molecule has 2 aliphatic rings. The van der Waals surface area contributed by atoms with Crippen LogP contribution in [0, 0.1) is 18.6 Å². The minimum absolute atomic E-state index is 0.00512. The number of nitrogens with zero attached hydrogens (tertiary/aromatic N) is 4. The topological polar surface area (TPSA) is 114 Å². The van der Waals surface area contributed by atoms with Crippen molar-refractivity contribution < 1.29 is 18.3 Å². The molecule has 5 aromatic rings. The van der Waals surface area contributed by atoms with E-state index < -0.39 is 17.4 Å². The molecular formula is C30H27F2N7O2. The van der Waals surface area contributed by atoms with E-state index >= 15 is 0 Å². The molecule has 4 N–H and O–H groups in total. The first kappa shape index (κ1) is 25.4. The van der Waals surface area contributed by atoms with Gasteiger partial charge in [-0.15, -0.1) is 0 Å². The number of nitrogens with one attached hydrogen (secondary N) is 2. The second-order valence-corrected chi connectivity index (χ2v) is 10.6. The molecule has 7 rings (SSSR count). The highest BCUT2D eigenvalue weighted by atomic mass is 19.1. The minimum atomic E-state index is -0.835. The van der Waals surface area contributed by atoms with Crippen LogP contribution in [0.1, 0.15) is 32.7 Å². The Morgan fingerprint density at radius 2 is 1.90 bits per heavy atom. The Balaban J connectivity index is 1.14. The summed E-state index contributed by atoms with van der Waals surface area (Å²) in [7, 11) is 0. The Morgan fingerprint density at radius 3 is 2.63 bits per heavy atom. The van der Waals surface area contributed by atoms with Crippen molar-refractivity contribution in [3.8, 4) is 17.3 Å². The van der Waals surface area contributed by atoms with Gasteiger partial charge in [-0.1, -0.05) is 6.07 Å². The summed E-state index contributed by atoms with van der Waals surface area (Å²) in [6.07, 6.45) is 3.84. The molecule has 0 aliphatic carbocycles. The van der Waals surface area contributed by atoms with Gasteiger partial charge in [-0.3, -0.25) is 9.69 Å². The number of anilines is 1. The smallest absolute Gasteiger partial charge is 0.219 e. The van der Waals surface area contributed by atoms with Crippen LogP contribution in [0.2, 0.25) is 0 Å². The fourth-order valence-corrected chi connectivity index (χ4v) is 5.54. The molecule has 2 aliphatic heterocycles. The highest BCUT2D eigenvalue weighted by Crippen LogP contribution is 2.31. The summed E-state index contributed by atoms with van der Waals surface area (Å²) in [5.41, 5.74) is 11.7. The lowest BCUT2D eigenvalue weighted by Gasteiger charge is -2.40. The van der Waals surface area contributed by atoms with Gasteiger partial charge >= 0.3 is 0 Å². The molecule has 3 aromatic heterocycles. The zero-order valence-corrected chi connectivity index (χ0v) is 22.2. The van der Waals surface area contributed by atoms with Gasteiger partial charge in [0.1, 0.15) is 5.82 Å². The number of pyridine rings is 1. The fraction of sp³-hybridized carbons (Fsp3) is 0.233. The first-order valence-electron chi connectivity index (χ1n) is 13.4. The number of aromatic amines is 1. The van der Waals surface area contributed by atoms with E-state index in [0.717, 1.165) is 55.6 Å². The highest BCUT2D eigenvalue weighted by Gasteiger charge is 2.28. The Morgan fingerprint density at radius 1 is 1.10 bits per heavy atom. The Hall–Kier alpha value is -4.61. The van der Waals surface area contributed by atoms with Gasteiger partial charge in [-0.05, 0) is 60.4 Å². The molecule has 0 bridgehead atoms. The SMILES string of the molecule is Cc1cc(Oc2c(F)cccc2F)ncc1-n1ncc(C(=O)c2cc3cc4c(cc3[nH]2)CCN(C2CNC2)C4)c1N. The van der Waals surface area contributed by atoms with E-state index in [0.29, 0.717) is 23.0 Å². The average Bonchev–Trinajstić information content (AvgIpc) is 3.51. The molecule has 11 heteroatoms. The third-order valence-electron chi connectivity index (χ3n) is 7.97. The van der Waals surface area contributed by atoms with Crippen LogP contribution in [0.3, 0.4) is 0 Å². The molecule has 0 unspecified atom stereocenters. The van der Waals surface area contributed by atoms with E-state index in [2.05, 4.69) is 37.4 Å². The molecule has 0 amide bonds. The van der Waals surface area contributed by atoms with Crippen molar-refractivity contribution in [1.29, 1.82) is 0 Å². The number of fused-ring (bicyclic) bond motifs is 2. The molecule has 1 saturated heterocycles. The summed E-state index contributed by atoms with van der Waals surface area (Å²) in [4.78, 5) is 23.5. The summed E-state index contributed by atoms with van der Waals surface area (Å²) in [5, 5.41) is 8.66. The number of hydrogen-bond donors (Lipinski definition) is 3. The Labute approximate surface area is 233 Å². The van der Waals surface area contributed by atoms with Gasteiger partial charge in [-0.25, -0.2) is 18.4 Å². The van der Waals surface area contributed by atoms with Crippen molar-refractivity contribution in [2.45, 2.75) is 25.9 Å². The number of aryl methyl sites for hydroxylation is 1. The summed E-state index contributed by atoms with van der Waals surface area (Å²) in [6.45, 7) is 5.78. The molecule has 0 radical (unpaired) electrons. The normalized spacial score (nSPS) is 15.6. The highest BCUT2D eigenvalue weighted by molar-refractivity contribution is 6.12. The van der Waals surface area contributed by atoms with Crippen LogP contribution < -0.4 is 15.8 Å². The van der Waals surface area contributed by atoms with E-state index in [1.807, 2.05) is 6.07 Å². The number of hydrogen-bond acceptors (Lipinski definition) is 7. The summed E-state index contributed by atoms with van der Waals surface area (Å²) >= 11 is 0. The van der Waals surface area contributed by atoms with Gasteiger partial charge in [0.05, 0.1) is 29.3 Å². The van der Waals surface area contributed by atoms with Gasteiger partial charge in [0.15, 0.2) is 11.6 Å². The van der Waals surface area contributed by atoms with Crippen molar-refractivity contribution >= 4 is 22.5 Å². The minimum Gasteiger partial charge on any atom is -0.433 e. The number of aromatic nitrogens is 4. The first-order valence-corrected chi connectivity index (χ1v) is 13.4. The number of carbonyl (C=O) groups excluding carboxylic acids is 1. The summed E-state index contributed by atoms with van der Waals surface area (Å²) in [5.74, 6) is -2.32. The van der Waals surface area contributed by atoms with Crippen LogP contribution in [-0.4, -0.2) is 56.1 Å². The van der Waals surface area contributed by atoms with E-state index in [-0.39, 0.29) is 23.0 Å². The third kappa shape index (κ3) is 4.43. The van der Waals surface area contributed by atoms with Crippen molar-refractivity contribution in [3.63, 3.8) is 0 Å². The zero-order chi connectivity index (χ0) is 28.2. The van der Waals surface area contributed by atoms with Crippen LogP contribution in [0.4, 0.5) is 14.6 Å². The summed E-state index contributed by atoms with van der Waals surface area (Å²) < 4.78 is 34.8. The summed E-state index contributed by atoms with van der Waals surface area (Å²) in [6, 6.07) is 11.8. The van der Waals surface area contributed by atoms with Crippen molar-refractivity contribution in [2.75, 3.05) is 25.4 Å². The predicted octanol–water partition coefficient (Wildman–Crippen LogP) is 4.27. The fourth-order valence-electron chi connectivity index (χ4n) is 5.54. The quantitative estimate of drug-likeness (QED) is 0.268. The van der Waals surface area contributed by atoms with E-state index in [1.54, 1.807) is 6.92 Å². The number of rotatable bonds is 6. The third-order valence-corrected chi connectivity index (χ3v) is 7.97. The average molecular weight is 556 g/mol. The lowest BCUT2D eigenvalue weighted by molar-refractivity contribution is 0.103. The number of benzene rings is 2. The first-order chi connectivity index (χ1) is 19.9. The largest absolute Gasteiger partial charge is 0.433 e. The monoisotopic (exact) mass is 555 g/mol. The van der Waals surface area contributed by atoms with Gasteiger partial charge in [0, 0.05) is 49.2 Å². The zero-order valence-electron chi connectivity index (χ0n) is 22.2. The second kappa shape index (κ2) is 9.79. The van der Waals surface area contributed by atoms with Crippen LogP contribution in [0.15, 0.2) is 54.9 Å². The van der Waals surface area contributed by atoms with Gasteiger partial charge in [-0.2, -0.15) is 5.10 Å². The van der Waals surface area contributed by atoms with E-state index in [4.69, 9.17) is 10.5 Å². The van der Waals surface area contributed by atoms with Gasteiger partial charge < -0.3 is 20.8 Å². The number of ether oxygens (including phenoxy) is 1. The predicted molar refractivity (Wildman–Crippen MR) is 149 cm³/mol. The maximum Gasteiger partial charge on any atom is 0.219 e. The maximum absolute atomic E-state index is 14.0. The molecular weight excluding hydrogens is 528 g/mol. The van der Waals surface area contributed by atoms with Crippen LogP contribution in [0.5, 0.6) is 11.6 Å². The molecule has 208 valence electrons. The number of nitrogens with two attached hydrogens (primary N) is 1. The maximum atomic E-state index is 14.0. The number of halogens is 2. The molecule has 5 heterocycles. The number of ketones is 1. The molecule has 41 heavy (non-hydrogen) atoms. The molecule has 1 fully saturated rings. The number of carbonyl (C=O) groups is 1. The molecule has 0 atom stereocenters. The van der Waals surface area contributed by atoms with Crippen molar-refractivity contribution in [1.82, 2.24) is 30.0 Å². The van der Waals surface area contributed by atoms with Gasteiger partial charge in [0.2, 0.25) is 17.4 Å². The lowest BCUT2D eigenvalue weighted by Crippen LogP contribution is -2.57.